The van der Waals surface area contributed by atoms with Crippen LogP contribution in [-0.4, -0.2) is 29.1 Å². The first-order valence-corrected chi connectivity index (χ1v) is 11.6. The number of hydrogen-bond donors (Lipinski definition) is 1. The van der Waals surface area contributed by atoms with E-state index >= 15 is 0 Å². The molecule has 9 heteroatoms. The normalized spacial score (nSPS) is 19.3. The van der Waals surface area contributed by atoms with E-state index in [0.29, 0.717) is 34.3 Å². The Hall–Kier alpha value is -3.10. The van der Waals surface area contributed by atoms with Crippen LogP contribution in [0.3, 0.4) is 0 Å². The van der Waals surface area contributed by atoms with Crippen LogP contribution in [0, 0.1) is 11.6 Å². The summed E-state index contributed by atoms with van der Waals surface area (Å²) in [6.45, 7) is 0.479. The Bertz CT molecular complexity index is 1260. The van der Waals surface area contributed by atoms with Gasteiger partial charge < -0.3 is 10.2 Å². The fraction of sp³-hybridized carbons (Fsp3) is 0.167. The van der Waals surface area contributed by atoms with Crippen molar-refractivity contribution >= 4 is 46.7 Å². The van der Waals surface area contributed by atoms with E-state index in [4.69, 9.17) is 11.6 Å². The average Bonchev–Trinajstić information content (AvgIpc) is 3.32. The molecule has 0 unspecified atom stereocenters. The molecule has 2 aliphatic rings. The molecule has 33 heavy (non-hydrogen) atoms. The minimum absolute atomic E-state index is 0.170. The van der Waals surface area contributed by atoms with Crippen LogP contribution < -0.4 is 10.2 Å². The molecule has 0 bridgehead atoms. The van der Waals surface area contributed by atoms with Gasteiger partial charge in [0.1, 0.15) is 11.6 Å². The van der Waals surface area contributed by atoms with Crippen LogP contribution in [0.4, 0.5) is 25.0 Å². The van der Waals surface area contributed by atoms with Gasteiger partial charge in [-0.25, -0.2) is 13.6 Å². The van der Waals surface area contributed by atoms with E-state index in [2.05, 4.69) is 5.32 Å². The lowest BCUT2D eigenvalue weighted by Gasteiger charge is -2.33. The molecule has 3 amide bonds. The van der Waals surface area contributed by atoms with Gasteiger partial charge >= 0.3 is 6.03 Å². The molecule has 1 spiro atoms. The van der Waals surface area contributed by atoms with Crippen molar-refractivity contribution in [3.8, 4) is 0 Å². The van der Waals surface area contributed by atoms with Gasteiger partial charge in [0.05, 0.1) is 12.2 Å². The second kappa shape index (κ2) is 8.35. The number of fused-ring (bicyclic) bond motifs is 2. The monoisotopic (exact) mass is 485 g/mol. The van der Waals surface area contributed by atoms with Gasteiger partial charge in [-0.05, 0) is 54.1 Å². The molecular weight excluding hydrogens is 468 g/mol. The highest BCUT2D eigenvalue weighted by Gasteiger charge is 2.59. The highest BCUT2D eigenvalue weighted by Crippen LogP contribution is 2.54. The molecule has 1 N–H and O–H groups in total. The number of carbonyl (C=O) groups is 2. The van der Waals surface area contributed by atoms with E-state index in [1.165, 1.54) is 45.8 Å². The number of nitrogens with one attached hydrogen (secondary N) is 1. The molecule has 0 saturated carbocycles. The van der Waals surface area contributed by atoms with Gasteiger partial charge in [-0.3, -0.25) is 9.69 Å². The van der Waals surface area contributed by atoms with Gasteiger partial charge in [0.15, 0.2) is 4.87 Å². The summed E-state index contributed by atoms with van der Waals surface area (Å²) in [6, 6.07) is 16.2. The smallest absolute Gasteiger partial charge is 0.308 e. The molecule has 5 rings (SSSR count). The zero-order valence-electron chi connectivity index (χ0n) is 17.2. The Morgan fingerprint density at radius 1 is 1.06 bits per heavy atom. The first kappa shape index (κ1) is 21.7. The minimum Gasteiger partial charge on any atom is -0.308 e. The number of amides is 3. The zero-order valence-corrected chi connectivity index (χ0v) is 18.8. The predicted octanol–water partition coefficient (Wildman–Crippen LogP) is 5.60. The summed E-state index contributed by atoms with van der Waals surface area (Å²) >= 11 is 7.33. The summed E-state index contributed by atoms with van der Waals surface area (Å²) in [5.74, 6) is -0.696. The Labute approximate surface area is 198 Å². The van der Waals surface area contributed by atoms with Crippen molar-refractivity contribution in [2.45, 2.75) is 11.4 Å². The lowest BCUT2D eigenvalue weighted by atomic mass is 10.1. The highest BCUT2D eigenvalue weighted by atomic mass is 35.5. The van der Waals surface area contributed by atoms with Crippen molar-refractivity contribution in [3.05, 3.63) is 94.5 Å². The van der Waals surface area contributed by atoms with Crippen molar-refractivity contribution in [2.75, 3.05) is 22.5 Å². The maximum atomic E-state index is 14.3. The largest absolute Gasteiger partial charge is 0.323 e. The van der Waals surface area contributed by atoms with E-state index in [9.17, 15) is 18.4 Å². The van der Waals surface area contributed by atoms with Crippen molar-refractivity contribution < 1.29 is 18.4 Å². The fourth-order valence-corrected chi connectivity index (χ4v) is 5.92. The first-order chi connectivity index (χ1) is 15.9. The summed E-state index contributed by atoms with van der Waals surface area (Å²) in [4.78, 5) is 28.7. The van der Waals surface area contributed by atoms with Crippen LogP contribution in [0.5, 0.6) is 0 Å². The molecule has 0 aromatic heterocycles. The average molecular weight is 486 g/mol. The maximum absolute atomic E-state index is 14.3. The number of nitrogens with zero attached hydrogens (tertiary/aromatic N) is 2. The fourth-order valence-electron chi connectivity index (χ4n) is 4.27. The van der Waals surface area contributed by atoms with Gasteiger partial charge in [-0.1, -0.05) is 29.8 Å². The summed E-state index contributed by atoms with van der Waals surface area (Å²) < 4.78 is 27.7. The molecule has 2 heterocycles. The molecule has 3 aromatic carbocycles. The van der Waals surface area contributed by atoms with Crippen LogP contribution in [0.2, 0.25) is 5.02 Å². The van der Waals surface area contributed by atoms with Crippen LogP contribution in [0.15, 0.2) is 66.7 Å². The molecular formula is C24H18ClF2N3O2S. The molecule has 5 nitrogen and oxygen atoms in total. The zero-order chi connectivity index (χ0) is 23.2. The standard InChI is InChI=1S/C24H18ClF2N3O2S/c25-16-2-1-3-19(12-16)28-23(32)30-10-11-33-24(30)20-13-18(27)8-9-21(20)29(22(24)31)14-15-4-6-17(26)7-5-15/h1-9,12-13H,10-11,14H2,(H,28,32)/t24-/m0/s1. The van der Waals surface area contributed by atoms with Crippen molar-refractivity contribution in [2.24, 2.45) is 0 Å². The van der Waals surface area contributed by atoms with E-state index in [0.717, 1.165) is 5.56 Å². The molecule has 1 saturated heterocycles. The molecule has 0 aliphatic carbocycles. The maximum Gasteiger partial charge on any atom is 0.323 e. The first-order valence-electron chi connectivity index (χ1n) is 10.2. The summed E-state index contributed by atoms with van der Waals surface area (Å²) in [5.41, 5.74) is 2.17. The Balaban J connectivity index is 1.53. The van der Waals surface area contributed by atoms with Crippen molar-refractivity contribution in [3.63, 3.8) is 0 Å². The Morgan fingerprint density at radius 2 is 1.82 bits per heavy atom. The number of anilines is 2. The number of hydrogen-bond acceptors (Lipinski definition) is 3. The molecule has 0 radical (unpaired) electrons. The van der Waals surface area contributed by atoms with E-state index in [1.807, 2.05) is 0 Å². The second-order valence-electron chi connectivity index (χ2n) is 7.76. The predicted molar refractivity (Wildman–Crippen MR) is 125 cm³/mol. The lowest BCUT2D eigenvalue weighted by Crippen LogP contribution is -2.51. The molecule has 1 atom stereocenters. The van der Waals surface area contributed by atoms with Crippen LogP contribution >= 0.6 is 23.4 Å². The third-order valence-electron chi connectivity index (χ3n) is 5.73. The number of benzene rings is 3. The Morgan fingerprint density at radius 3 is 2.58 bits per heavy atom. The van der Waals surface area contributed by atoms with Crippen LogP contribution in [0.1, 0.15) is 11.1 Å². The van der Waals surface area contributed by atoms with Gasteiger partial charge in [-0.2, -0.15) is 0 Å². The van der Waals surface area contributed by atoms with Gasteiger partial charge in [-0.15, -0.1) is 11.8 Å². The third kappa shape index (κ3) is 3.73. The number of halogens is 3. The highest BCUT2D eigenvalue weighted by molar-refractivity contribution is 8.01. The van der Waals surface area contributed by atoms with E-state index < -0.39 is 16.7 Å². The third-order valence-corrected chi connectivity index (χ3v) is 7.38. The summed E-state index contributed by atoms with van der Waals surface area (Å²) in [5, 5.41) is 3.26. The van der Waals surface area contributed by atoms with Gasteiger partial charge in [0.25, 0.3) is 5.91 Å². The molecule has 3 aromatic rings. The summed E-state index contributed by atoms with van der Waals surface area (Å²) in [6.07, 6.45) is 0. The minimum atomic E-state index is -1.39. The van der Waals surface area contributed by atoms with Crippen molar-refractivity contribution in [1.29, 1.82) is 0 Å². The summed E-state index contributed by atoms with van der Waals surface area (Å²) in [7, 11) is 0. The molecule has 2 aliphatic heterocycles. The Kier molecular flexibility index (Phi) is 5.50. The number of urea groups is 1. The van der Waals surface area contributed by atoms with Gasteiger partial charge in [0.2, 0.25) is 0 Å². The molecule has 168 valence electrons. The van der Waals surface area contributed by atoms with Crippen molar-refractivity contribution in [1.82, 2.24) is 4.90 Å². The lowest BCUT2D eigenvalue weighted by molar-refractivity contribution is -0.123. The topological polar surface area (TPSA) is 52.7 Å². The van der Waals surface area contributed by atoms with Gasteiger partial charge in [0, 0.05) is 28.6 Å². The van der Waals surface area contributed by atoms with E-state index in [-0.39, 0.29) is 18.3 Å². The second-order valence-corrected chi connectivity index (χ2v) is 9.49. The number of carbonyl (C=O) groups excluding carboxylic acids is 2. The quantitative estimate of drug-likeness (QED) is 0.525. The molecule has 1 fully saturated rings. The van der Waals surface area contributed by atoms with Crippen LogP contribution in [-0.2, 0) is 16.2 Å². The van der Waals surface area contributed by atoms with Crippen LogP contribution in [0.25, 0.3) is 0 Å². The SMILES string of the molecule is O=C(Nc1cccc(Cl)c1)N1CCS[C@@]12C(=O)N(Cc1ccc(F)cc1)c1ccc(F)cc12. The number of rotatable bonds is 3. The van der Waals surface area contributed by atoms with E-state index in [1.54, 1.807) is 42.5 Å². The number of thioether (sulfide) groups is 1.